The lowest BCUT2D eigenvalue weighted by Gasteiger charge is -2.18. The number of ketones is 1. The van der Waals surface area contributed by atoms with Crippen molar-refractivity contribution in [1.29, 1.82) is 0 Å². The second-order valence-corrected chi connectivity index (χ2v) is 8.04. The highest BCUT2D eigenvalue weighted by Gasteiger charge is 2.19. The van der Waals surface area contributed by atoms with Gasteiger partial charge in [0.2, 0.25) is 0 Å². The maximum atomic E-state index is 12.5. The highest BCUT2D eigenvalue weighted by atomic mass is 16.5. The maximum Gasteiger partial charge on any atom is 0.331 e. The van der Waals surface area contributed by atoms with Gasteiger partial charge in [0.1, 0.15) is 17.2 Å². The predicted molar refractivity (Wildman–Crippen MR) is 131 cm³/mol. The zero-order valence-electron chi connectivity index (χ0n) is 19.3. The SMILES string of the molecule is Cc1ccc(-c2nn(-c3ccccc3)cc2C=CC(=O)OCC(=O)c2ccc3c(c2)NC(=O)CO3)o1. The number of para-hydroxylation sites is 1. The first kappa shape index (κ1) is 22.9. The van der Waals surface area contributed by atoms with Crippen LogP contribution in [0, 0.1) is 6.92 Å². The molecule has 3 heterocycles. The minimum Gasteiger partial charge on any atom is -0.482 e. The molecule has 1 amide bonds. The molecule has 0 spiro atoms. The Morgan fingerprint density at radius 3 is 2.75 bits per heavy atom. The van der Waals surface area contributed by atoms with Crippen molar-refractivity contribution in [3.63, 3.8) is 0 Å². The maximum absolute atomic E-state index is 12.5. The lowest BCUT2D eigenvalue weighted by atomic mass is 10.1. The third kappa shape index (κ3) is 4.95. The van der Waals surface area contributed by atoms with Crippen LogP contribution in [0.5, 0.6) is 5.75 Å². The van der Waals surface area contributed by atoms with Gasteiger partial charge in [-0.15, -0.1) is 0 Å². The summed E-state index contributed by atoms with van der Waals surface area (Å²) in [5, 5.41) is 7.26. The highest BCUT2D eigenvalue weighted by Crippen LogP contribution is 2.29. The molecule has 2 aromatic heterocycles. The van der Waals surface area contributed by atoms with Gasteiger partial charge < -0.3 is 19.2 Å². The van der Waals surface area contributed by atoms with E-state index in [2.05, 4.69) is 10.4 Å². The molecule has 0 fully saturated rings. The summed E-state index contributed by atoms with van der Waals surface area (Å²) in [4.78, 5) is 36.4. The van der Waals surface area contributed by atoms with Gasteiger partial charge in [-0.3, -0.25) is 9.59 Å². The third-order valence-corrected chi connectivity index (χ3v) is 5.42. The lowest BCUT2D eigenvalue weighted by Crippen LogP contribution is -2.25. The largest absolute Gasteiger partial charge is 0.482 e. The van der Waals surface area contributed by atoms with Crippen LogP contribution in [0.25, 0.3) is 23.2 Å². The number of hydrogen-bond acceptors (Lipinski definition) is 7. The summed E-state index contributed by atoms with van der Waals surface area (Å²) in [5.74, 6) is 0.372. The van der Waals surface area contributed by atoms with E-state index in [0.717, 1.165) is 11.4 Å². The molecule has 2 aromatic carbocycles. The van der Waals surface area contributed by atoms with Crippen LogP contribution in [-0.4, -0.2) is 40.7 Å². The Hall–Kier alpha value is -4.92. The van der Waals surface area contributed by atoms with E-state index < -0.39 is 18.4 Å². The third-order valence-electron chi connectivity index (χ3n) is 5.42. The Morgan fingerprint density at radius 1 is 1.14 bits per heavy atom. The van der Waals surface area contributed by atoms with Crippen molar-refractivity contribution in [3.8, 4) is 22.9 Å². The number of nitrogens with one attached hydrogen (secondary N) is 1. The van der Waals surface area contributed by atoms with Crippen molar-refractivity contribution in [2.24, 2.45) is 0 Å². The monoisotopic (exact) mass is 483 g/mol. The molecule has 1 N–H and O–H groups in total. The fourth-order valence-electron chi connectivity index (χ4n) is 3.66. The van der Waals surface area contributed by atoms with E-state index in [1.165, 1.54) is 12.1 Å². The van der Waals surface area contributed by atoms with Gasteiger partial charge in [-0.05, 0) is 55.5 Å². The van der Waals surface area contributed by atoms with Gasteiger partial charge in [0.25, 0.3) is 5.91 Å². The van der Waals surface area contributed by atoms with Crippen LogP contribution in [0.2, 0.25) is 0 Å². The highest BCUT2D eigenvalue weighted by molar-refractivity contribution is 6.02. The van der Waals surface area contributed by atoms with Crippen molar-refractivity contribution in [1.82, 2.24) is 9.78 Å². The molecule has 1 aliphatic heterocycles. The van der Waals surface area contributed by atoms with Crippen LogP contribution in [0.1, 0.15) is 21.7 Å². The number of carbonyl (C=O) groups is 3. The average molecular weight is 483 g/mol. The Bertz CT molecular complexity index is 1480. The Balaban J connectivity index is 1.29. The van der Waals surface area contributed by atoms with E-state index in [4.69, 9.17) is 13.9 Å². The Morgan fingerprint density at radius 2 is 1.97 bits per heavy atom. The molecule has 0 radical (unpaired) electrons. The number of aryl methyl sites for hydroxylation is 1. The van der Waals surface area contributed by atoms with E-state index in [1.54, 1.807) is 29.1 Å². The van der Waals surface area contributed by atoms with Crippen LogP contribution in [0.15, 0.2) is 77.4 Å². The zero-order chi connectivity index (χ0) is 25.1. The number of hydrogen-bond donors (Lipinski definition) is 1. The summed E-state index contributed by atoms with van der Waals surface area (Å²) in [6, 6.07) is 17.8. The summed E-state index contributed by atoms with van der Waals surface area (Å²) in [5.41, 5.74) is 2.74. The molecule has 9 heteroatoms. The number of anilines is 1. The fourth-order valence-corrected chi connectivity index (χ4v) is 3.66. The Kier molecular flexibility index (Phi) is 6.19. The van der Waals surface area contributed by atoms with E-state index in [9.17, 15) is 14.4 Å². The van der Waals surface area contributed by atoms with Crippen molar-refractivity contribution in [2.45, 2.75) is 6.92 Å². The van der Waals surface area contributed by atoms with Gasteiger partial charge in [0.05, 0.1) is 11.4 Å². The molecule has 1 aliphatic rings. The number of fused-ring (bicyclic) bond motifs is 1. The molecule has 36 heavy (non-hydrogen) atoms. The van der Waals surface area contributed by atoms with Crippen molar-refractivity contribution < 1.29 is 28.3 Å². The van der Waals surface area contributed by atoms with Gasteiger partial charge in [0, 0.05) is 23.4 Å². The van der Waals surface area contributed by atoms with Crippen LogP contribution >= 0.6 is 0 Å². The molecule has 0 aliphatic carbocycles. The Labute approximate surface area is 205 Å². The molecule has 0 saturated heterocycles. The second kappa shape index (κ2) is 9.75. The van der Waals surface area contributed by atoms with Crippen molar-refractivity contribution in [3.05, 3.63) is 89.8 Å². The number of carbonyl (C=O) groups excluding carboxylic acids is 3. The number of esters is 1. The van der Waals surface area contributed by atoms with E-state index >= 15 is 0 Å². The number of amides is 1. The molecule has 0 saturated carbocycles. The summed E-state index contributed by atoms with van der Waals surface area (Å²) in [6.07, 6.45) is 4.58. The normalized spacial score (nSPS) is 12.6. The number of Topliss-reactive ketones (excluding diaryl/α,β-unsaturated/α-hetero) is 1. The van der Waals surface area contributed by atoms with E-state index in [1.807, 2.05) is 49.4 Å². The zero-order valence-corrected chi connectivity index (χ0v) is 19.3. The first-order valence-corrected chi connectivity index (χ1v) is 11.1. The number of furan rings is 1. The van der Waals surface area contributed by atoms with Crippen LogP contribution < -0.4 is 10.1 Å². The first-order valence-electron chi connectivity index (χ1n) is 11.1. The number of benzene rings is 2. The fraction of sp³-hybridized carbons (Fsp3) is 0.111. The van der Waals surface area contributed by atoms with Gasteiger partial charge in [-0.2, -0.15) is 5.10 Å². The second-order valence-electron chi connectivity index (χ2n) is 8.04. The summed E-state index contributed by atoms with van der Waals surface area (Å²) in [6.45, 7) is 1.31. The molecule has 0 bridgehead atoms. The van der Waals surface area contributed by atoms with Gasteiger partial charge in [0.15, 0.2) is 24.8 Å². The minimum absolute atomic E-state index is 0.0737. The van der Waals surface area contributed by atoms with Crippen molar-refractivity contribution >= 4 is 29.4 Å². The molecular formula is C27H21N3O6. The smallest absolute Gasteiger partial charge is 0.331 e. The summed E-state index contributed by atoms with van der Waals surface area (Å²) >= 11 is 0. The van der Waals surface area contributed by atoms with Gasteiger partial charge >= 0.3 is 5.97 Å². The van der Waals surface area contributed by atoms with E-state index in [-0.39, 0.29) is 18.1 Å². The topological polar surface area (TPSA) is 113 Å². The molecular weight excluding hydrogens is 462 g/mol. The minimum atomic E-state index is -0.688. The van der Waals surface area contributed by atoms with Crippen molar-refractivity contribution in [2.75, 3.05) is 18.5 Å². The van der Waals surface area contributed by atoms with Crippen LogP contribution in [0.4, 0.5) is 5.69 Å². The predicted octanol–water partition coefficient (Wildman–Crippen LogP) is 4.21. The number of rotatable bonds is 7. The molecule has 4 aromatic rings. The standard InChI is InChI=1S/C27H21N3O6/c1-17-7-10-24(36-17)27-19(14-30(29-27)20-5-3-2-4-6-20)9-12-26(33)35-15-22(31)18-8-11-23-21(13-18)28-25(32)16-34-23/h2-14H,15-16H2,1H3,(H,28,32). The molecule has 0 atom stereocenters. The van der Waals surface area contributed by atoms with Crippen LogP contribution in [-0.2, 0) is 14.3 Å². The van der Waals surface area contributed by atoms with Crippen LogP contribution in [0.3, 0.4) is 0 Å². The lowest BCUT2D eigenvalue weighted by molar-refractivity contribution is -0.136. The van der Waals surface area contributed by atoms with Gasteiger partial charge in [-0.1, -0.05) is 18.2 Å². The molecule has 0 unspecified atom stereocenters. The van der Waals surface area contributed by atoms with E-state index in [0.29, 0.717) is 28.5 Å². The summed E-state index contributed by atoms with van der Waals surface area (Å²) in [7, 11) is 0. The summed E-state index contributed by atoms with van der Waals surface area (Å²) < 4.78 is 17.9. The molecule has 180 valence electrons. The molecule has 5 rings (SSSR count). The number of aromatic nitrogens is 2. The quantitative estimate of drug-likeness (QED) is 0.238. The number of ether oxygens (including phenoxy) is 2. The average Bonchev–Trinajstić information content (AvgIpc) is 3.52. The van der Waals surface area contributed by atoms with Gasteiger partial charge in [-0.25, -0.2) is 9.48 Å². The first-order chi connectivity index (χ1) is 17.5. The number of nitrogens with zero attached hydrogens (tertiary/aromatic N) is 2. The molecule has 9 nitrogen and oxygen atoms in total.